The minimum absolute atomic E-state index is 0.0808. The predicted molar refractivity (Wildman–Crippen MR) is 102 cm³/mol. The number of aryl methyl sites for hydroxylation is 1. The van der Waals surface area contributed by atoms with Gasteiger partial charge in [0.2, 0.25) is 6.43 Å². The summed E-state index contributed by atoms with van der Waals surface area (Å²) >= 11 is 0. The van der Waals surface area contributed by atoms with Crippen molar-refractivity contribution in [3.63, 3.8) is 0 Å². The fourth-order valence-corrected chi connectivity index (χ4v) is 3.96. The molecule has 1 fully saturated rings. The van der Waals surface area contributed by atoms with Crippen LogP contribution in [0.1, 0.15) is 18.4 Å². The number of rotatable bonds is 3. The lowest BCUT2D eigenvalue weighted by atomic mass is 9.67. The first-order chi connectivity index (χ1) is 13.4. The van der Waals surface area contributed by atoms with Gasteiger partial charge in [0.15, 0.2) is 5.65 Å². The molecule has 28 heavy (non-hydrogen) atoms. The number of nitrogens with zero attached hydrogens (tertiary/aromatic N) is 4. The minimum Gasteiger partial charge on any atom is -0.385 e. The quantitative estimate of drug-likeness (QED) is 0.583. The van der Waals surface area contributed by atoms with Crippen molar-refractivity contribution in [2.75, 3.05) is 0 Å². The molecule has 1 aliphatic carbocycles. The lowest BCUT2D eigenvalue weighted by molar-refractivity contribution is -0.126. The zero-order chi connectivity index (χ0) is 19.5. The van der Waals surface area contributed by atoms with Gasteiger partial charge in [-0.05, 0) is 36.6 Å². The summed E-state index contributed by atoms with van der Waals surface area (Å²) in [7, 11) is 1.85. The molecule has 1 saturated carbocycles. The van der Waals surface area contributed by atoms with Crippen LogP contribution in [0.4, 0.5) is 8.78 Å². The third-order valence-corrected chi connectivity index (χ3v) is 5.55. The van der Waals surface area contributed by atoms with Gasteiger partial charge in [0, 0.05) is 41.7 Å². The summed E-state index contributed by atoms with van der Waals surface area (Å²) in [6, 6.07) is 11.3. The number of aromatic nitrogens is 4. The molecule has 0 spiro atoms. The van der Waals surface area contributed by atoms with E-state index in [1.807, 2.05) is 37.5 Å². The Labute approximate surface area is 159 Å². The van der Waals surface area contributed by atoms with Gasteiger partial charge in [0.1, 0.15) is 0 Å². The van der Waals surface area contributed by atoms with E-state index in [0.717, 1.165) is 27.5 Å². The molecule has 1 aliphatic rings. The molecule has 0 amide bonds. The number of halogens is 2. The van der Waals surface area contributed by atoms with Gasteiger partial charge in [-0.25, -0.2) is 18.7 Å². The predicted octanol–water partition coefficient (Wildman–Crippen LogP) is 4.05. The van der Waals surface area contributed by atoms with Gasteiger partial charge in [-0.1, -0.05) is 18.2 Å². The smallest absolute Gasteiger partial charge is 0.241 e. The Hall–Kier alpha value is -2.93. The van der Waals surface area contributed by atoms with Crippen molar-refractivity contribution in [1.29, 1.82) is 0 Å². The number of aliphatic hydroxyl groups is 1. The molecule has 1 aromatic carbocycles. The second-order valence-corrected chi connectivity index (χ2v) is 7.58. The van der Waals surface area contributed by atoms with Gasteiger partial charge in [0.25, 0.3) is 0 Å². The van der Waals surface area contributed by atoms with E-state index in [1.165, 1.54) is 0 Å². The average molecular weight is 380 g/mol. The van der Waals surface area contributed by atoms with Gasteiger partial charge >= 0.3 is 0 Å². The molecule has 5 rings (SSSR count). The maximum absolute atomic E-state index is 12.8. The number of hydrogen-bond acceptors (Lipinski definition) is 4. The molecule has 0 aliphatic heterocycles. The highest BCUT2D eigenvalue weighted by Crippen LogP contribution is 2.48. The molecule has 5 nitrogen and oxygen atoms in total. The van der Waals surface area contributed by atoms with E-state index in [2.05, 4.69) is 10.1 Å². The van der Waals surface area contributed by atoms with Crippen molar-refractivity contribution >= 4 is 21.9 Å². The molecule has 0 radical (unpaired) electrons. The van der Waals surface area contributed by atoms with Crippen LogP contribution in [0.3, 0.4) is 0 Å². The Kier molecular flexibility index (Phi) is 3.71. The van der Waals surface area contributed by atoms with E-state index < -0.39 is 17.9 Å². The topological polar surface area (TPSA) is 63.8 Å². The lowest BCUT2D eigenvalue weighted by Crippen LogP contribution is -2.44. The normalized spacial score (nSPS) is 22.1. The summed E-state index contributed by atoms with van der Waals surface area (Å²) < 4.78 is 27.3. The zero-order valence-electron chi connectivity index (χ0n) is 15.2. The number of benzene rings is 1. The number of pyridine rings is 2. The van der Waals surface area contributed by atoms with E-state index in [-0.39, 0.29) is 12.8 Å². The maximum Gasteiger partial charge on any atom is 0.241 e. The first-order valence-corrected chi connectivity index (χ1v) is 9.13. The van der Waals surface area contributed by atoms with Crippen LogP contribution < -0.4 is 0 Å². The van der Waals surface area contributed by atoms with Crippen LogP contribution >= 0.6 is 0 Å². The average Bonchev–Trinajstić information content (AvgIpc) is 3.03. The highest BCUT2D eigenvalue weighted by atomic mass is 19.3. The molecular weight excluding hydrogens is 362 g/mol. The van der Waals surface area contributed by atoms with Gasteiger partial charge in [-0.2, -0.15) is 5.10 Å². The molecule has 7 heteroatoms. The molecule has 142 valence electrons. The van der Waals surface area contributed by atoms with Crippen LogP contribution in [0.15, 0.2) is 48.8 Å². The molecule has 4 aromatic rings. The largest absolute Gasteiger partial charge is 0.385 e. The third kappa shape index (κ3) is 2.74. The van der Waals surface area contributed by atoms with Crippen molar-refractivity contribution in [3.05, 3.63) is 54.4 Å². The van der Waals surface area contributed by atoms with Crippen molar-refractivity contribution in [1.82, 2.24) is 19.7 Å². The highest BCUT2D eigenvalue weighted by Gasteiger charge is 2.47. The maximum atomic E-state index is 12.8. The molecule has 0 unspecified atom stereocenters. The number of alkyl halides is 2. The molecule has 0 saturated heterocycles. The molecule has 3 aromatic heterocycles. The fraction of sp³-hybridized carbons (Fsp3) is 0.286. The Morgan fingerprint density at radius 3 is 2.71 bits per heavy atom. The van der Waals surface area contributed by atoms with Gasteiger partial charge in [-0.15, -0.1) is 0 Å². The third-order valence-electron chi connectivity index (χ3n) is 5.55. The van der Waals surface area contributed by atoms with Crippen molar-refractivity contribution in [2.45, 2.75) is 24.9 Å². The van der Waals surface area contributed by atoms with Gasteiger partial charge < -0.3 is 5.11 Å². The Bertz CT molecular complexity index is 1200. The molecular formula is C21H18F2N4O. The van der Waals surface area contributed by atoms with Crippen LogP contribution in [-0.2, 0) is 12.6 Å². The van der Waals surface area contributed by atoms with E-state index in [0.29, 0.717) is 11.2 Å². The van der Waals surface area contributed by atoms with Crippen LogP contribution in [0.5, 0.6) is 0 Å². The molecule has 3 heterocycles. The summed E-state index contributed by atoms with van der Waals surface area (Å²) in [6.07, 6.45) is 1.41. The molecule has 0 atom stereocenters. The second kappa shape index (κ2) is 6.04. The van der Waals surface area contributed by atoms with Gasteiger partial charge in [0.05, 0.1) is 16.8 Å². The summed E-state index contributed by atoms with van der Waals surface area (Å²) in [5.41, 5.74) is 2.47. The van der Waals surface area contributed by atoms with E-state index in [4.69, 9.17) is 4.98 Å². The first kappa shape index (κ1) is 17.2. The van der Waals surface area contributed by atoms with E-state index >= 15 is 0 Å². The fourth-order valence-electron chi connectivity index (χ4n) is 3.96. The van der Waals surface area contributed by atoms with E-state index in [1.54, 1.807) is 23.0 Å². The van der Waals surface area contributed by atoms with Crippen LogP contribution in [-0.4, -0.2) is 31.3 Å². The summed E-state index contributed by atoms with van der Waals surface area (Å²) in [5.74, 6) is -0.739. The summed E-state index contributed by atoms with van der Waals surface area (Å²) in [4.78, 5) is 9.10. The second-order valence-electron chi connectivity index (χ2n) is 7.58. The van der Waals surface area contributed by atoms with Crippen LogP contribution in [0.2, 0.25) is 0 Å². The Morgan fingerprint density at radius 1 is 1.14 bits per heavy atom. The van der Waals surface area contributed by atoms with Crippen LogP contribution in [0, 0.1) is 5.92 Å². The van der Waals surface area contributed by atoms with Gasteiger partial charge in [-0.3, -0.25) is 4.68 Å². The number of fused-ring (bicyclic) bond motifs is 2. The monoisotopic (exact) mass is 380 g/mol. The number of hydrogen-bond donors (Lipinski definition) is 1. The Balaban J connectivity index is 1.52. The summed E-state index contributed by atoms with van der Waals surface area (Å²) in [5, 5.41) is 16.8. The lowest BCUT2D eigenvalue weighted by Gasteiger charge is -2.43. The van der Waals surface area contributed by atoms with Crippen molar-refractivity contribution < 1.29 is 13.9 Å². The molecule has 1 N–H and O–H groups in total. The minimum atomic E-state index is -2.39. The highest BCUT2D eigenvalue weighted by molar-refractivity contribution is 5.84. The molecule has 0 bridgehead atoms. The van der Waals surface area contributed by atoms with Crippen molar-refractivity contribution in [2.24, 2.45) is 13.0 Å². The SMILES string of the molecule is Cn1cc2cc(-c3ccc4ccc(C5(O)CC(C(F)F)C5)cc4n3)cnc2n1. The first-order valence-electron chi connectivity index (χ1n) is 9.13. The van der Waals surface area contributed by atoms with Crippen LogP contribution in [0.25, 0.3) is 33.2 Å². The van der Waals surface area contributed by atoms with E-state index in [9.17, 15) is 13.9 Å². The standard InChI is InChI=1S/C21H18F2N4O/c1-27-11-14-6-13(10-24-20(14)26-27)17-5-3-12-2-4-16(7-18(12)25-17)21(28)8-15(9-21)19(22)23/h2-7,10-11,15,19,28H,8-9H2,1H3. The van der Waals surface area contributed by atoms with Crippen molar-refractivity contribution in [3.8, 4) is 11.3 Å². The summed E-state index contributed by atoms with van der Waals surface area (Å²) in [6.45, 7) is 0. The Morgan fingerprint density at radius 2 is 1.93 bits per heavy atom. The zero-order valence-corrected chi connectivity index (χ0v) is 15.2.